The molecule has 0 spiro atoms. The highest BCUT2D eigenvalue weighted by Gasteiger charge is 2.50. The van der Waals surface area contributed by atoms with Crippen molar-refractivity contribution in [2.45, 2.75) is 19.0 Å². The zero-order valence-corrected chi connectivity index (χ0v) is 14.2. The predicted octanol–water partition coefficient (Wildman–Crippen LogP) is 3.69. The number of rotatable bonds is 3. The van der Waals surface area contributed by atoms with Gasteiger partial charge in [0.2, 0.25) is 0 Å². The summed E-state index contributed by atoms with van der Waals surface area (Å²) in [4.78, 5) is 25.9. The first-order valence-electron chi connectivity index (χ1n) is 7.15. The molecule has 4 nitrogen and oxygen atoms in total. The van der Waals surface area contributed by atoms with E-state index < -0.39 is 29.1 Å². The van der Waals surface area contributed by atoms with Crippen LogP contribution in [0.1, 0.15) is 18.1 Å². The summed E-state index contributed by atoms with van der Waals surface area (Å²) < 4.78 is 28.4. The molecule has 1 unspecified atom stereocenters. The van der Waals surface area contributed by atoms with Crippen molar-refractivity contribution >= 4 is 27.9 Å². The van der Waals surface area contributed by atoms with Gasteiger partial charge in [-0.2, -0.15) is 0 Å². The highest BCUT2D eigenvalue weighted by atomic mass is 79.9. The van der Waals surface area contributed by atoms with E-state index in [0.29, 0.717) is 0 Å². The van der Waals surface area contributed by atoms with Gasteiger partial charge in [0, 0.05) is 10.0 Å². The lowest BCUT2D eigenvalue weighted by Gasteiger charge is -2.22. The number of carbonyl (C=O) groups is 2. The van der Waals surface area contributed by atoms with Crippen molar-refractivity contribution in [3.05, 3.63) is 69.7 Å². The number of nitrogens with zero attached hydrogens (tertiary/aromatic N) is 1. The first kappa shape index (κ1) is 16.6. The van der Waals surface area contributed by atoms with Crippen molar-refractivity contribution in [1.82, 2.24) is 10.2 Å². The maximum Gasteiger partial charge on any atom is 0.325 e. The molecule has 1 saturated heterocycles. The molecule has 2 aromatic rings. The highest BCUT2D eigenvalue weighted by Crippen LogP contribution is 2.32. The van der Waals surface area contributed by atoms with Gasteiger partial charge in [-0.05, 0) is 42.8 Å². The fourth-order valence-electron chi connectivity index (χ4n) is 2.68. The summed E-state index contributed by atoms with van der Waals surface area (Å²) in [5, 5.41) is 2.47. The molecule has 3 amide bonds. The highest BCUT2D eigenvalue weighted by molar-refractivity contribution is 9.10. The minimum absolute atomic E-state index is 0.0461. The Balaban J connectivity index is 1.93. The first-order valence-corrected chi connectivity index (χ1v) is 7.94. The van der Waals surface area contributed by atoms with Gasteiger partial charge in [-0.25, -0.2) is 13.6 Å². The molecule has 2 aromatic carbocycles. The monoisotopic (exact) mass is 394 g/mol. The molecule has 0 bridgehead atoms. The Kier molecular flexibility index (Phi) is 4.13. The maximum atomic E-state index is 14.1. The fourth-order valence-corrected chi connectivity index (χ4v) is 2.94. The van der Waals surface area contributed by atoms with Crippen LogP contribution in [0.2, 0.25) is 0 Å². The van der Waals surface area contributed by atoms with Crippen molar-refractivity contribution in [2.24, 2.45) is 0 Å². The van der Waals surface area contributed by atoms with Crippen molar-refractivity contribution in [3.8, 4) is 0 Å². The van der Waals surface area contributed by atoms with Crippen LogP contribution in [0.3, 0.4) is 0 Å². The number of hydrogen-bond donors (Lipinski definition) is 1. The van der Waals surface area contributed by atoms with Crippen LogP contribution in [-0.2, 0) is 16.9 Å². The maximum absolute atomic E-state index is 14.1. The third kappa shape index (κ3) is 2.80. The van der Waals surface area contributed by atoms with Gasteiger partial charge in [-0.1, -0.05) is 28.1 Å². The molecule has 3 rings (SSSR count). The Morgan fingerprint density at radius 3 is 2.46 bits per heavy atom. The summed E-state index contributed by atoms with van der Waals surface area (Å²) >= 11 is 3.31. The van der Waals surface area contributed by atoms with Crippen LogP contribution in [0.4, 0.5) is 13.6 Å². The molecular weight excluding hydrogens is 382 g/mol. The summed E-state index contributed by atoms with van der Waals surface area (Å²) in [5.74, 6) is -2.06. The molecule has 1 fully saturated rings. The summed E-state index contributed by atoms with van der Waals surface area (Å²) in [6.07, 6.45) is 0. The molecular formula is C17H13BrF2N2O2. The van der Waals surface area contributed by atoms with Crippen molar-refractivity contribution < 1.29 is 18.4 Å². The third-order valence-electron chi connectivity index (χ3n) is 4.00. The smallest absolute Gasteiger partial charge is 0.319 e. The van der Waals surface area contributed by atoms with Gasteiger partial charge >= 0.3 is 6.03 Å². The molecule has 0 radical (unpaired) electrons. The van der Waals surface area contributed by atoms with Crippen LogP contribution >= 0.6 is 15.9 Å². The molecule has 1 aliphatic heterocycles. The van der Waals surface area contributed by atoms with E-state index in [4.69, 9.17) is 0 Å². The molecule has 0 aromatic heterocycles. The lowest BCUT2D eigenvalue weighted by Crippen LogP contribution is -2.41. The van der Waals surface area contributed by atoms with Crippen molar-refractivity contribution in [3.63, 3.8) is 0 Å². The Hall–Kier alpha value is -2.28. The Morgan fingerprint density at radius 1 is 1.12 bits per heavy atom. The number of urea groups is 1. The number of hydrogen-bond acceptors (Lipinski definition) is 2. The largest absolute Gasteiger partial charge is 0.325 e. The van der Waals surface area contributed by atoms with Crippen LogP contribution in [0, 0.1) is 11.6 Å². The topological polar surface area (TPSA) is 49.4 Å². The normalized spacial score (nSPS) is 20.4. The second kappa shape index (κ2) is 5.98. The van der Waals surface area contributed by atoms with Gasteiger partial charge in [0.15, 0.2) is 0 Å². The summed E-state index contributed by atoms with van der Waals surface area (Å²) in [5.41, 5.74) is -1.09. The van der Waals surface area contributed by atoms with Gasteiger partial charge in [0.1, 0.15) is 17.2 Å². The SMILES string of the molecule is CC1(c2cc(F)ccc2F)NC(=O)N(Cc2ccc(Br)cc2)C1=O. The summed E-state index contributed by atoms with van der Waals surface area (Å²) in [6, 6.07) is 9.30. The van der Waals surface area contributed by atoms with E-state index in [9.17, 15) is 18.4 Å². The molecule has 0 aliphatic carbocycles. The van der Waals surface area contributed by atoms with Crippen LogP contribution in [0.15, 0.2) is 46.9 Å². The van der Waals surface area contributed by atoms with E-state index in [2.05, 4.69) is 21.2 Å². The van der Waals surface area contributed by atoms with E-state index >= 15 is 0 Å². The Morgan fingerprint density at radius 2 is 1.79 bits per heavy atom. The minimum atomic E-state index is -1.64. The van der Waals surface area contributed by atoms with Gasteiger partial charge in [-0.15, -0.1) is 0 Å². The Bertz CT molecular complexity index is 826. The molecule has 1 atom stereocenters. The zero-order valence-electron chi connectivity index (χ0n) is 12.6. The second-order valence-corrected chi connectivity index (χ2v) is 6.61. The number of amides is 3. The van der Waals surface area contributed by atoms with Gasteiger partial charge in [-0.3, -0.25) is 9.69 Å². The number of halogens is 3. The number of nitrogens with one attached hydrogen (secondary N) is 1. The van der Waals surface area contributed by atoms with Crippen LogP contribution in [0.25, 0.3) is 0 Å². The van der Waals surface area contributed by atoms with E-state index in [1.807, 2.05) is 0 Å². The van der Waals surface area contributed by atoms with E-state index in [0.717, 1.165) is 33.1 Å². The number of carbonyl (C=O) groups excluding carboxylic acids is 2. The number of benzene rings is 2. The molecule has 1 aliphatic rings. The number of imide groups is 1. The van der Waals surface area contributed by atoms with Crippen molar-refractivity contribution in [2.75, 3.05) is 0 Å². The van der Waals surface area contributed by atoms with E-state index in [1.54, 1.807) is 24.3 Å². The first-order chi connectivity index (χ1) is 11.3. The van der Waals surface area contributed by atoms with Gasteiger partial charge < -0.3 is 5.32 Å². The summed E-state index contributed by atoms with van der Waals surface area (Å²) in [6.45, 7) is 1.41. The predicted molar refractivity (Wildman–Crippen MR) is 86.9 cm³/mol. The second-order valence-electron chi connectivity index (χ2n) is 5.70. The fraction of sp³-hybridized carbons (Fsp3) is 0.176. The van der Waals surface area contributed by atoms with Crippen LogP contribution in [-0.4, -0.2) is 16.8 Å². The quantitative estimate of drug-likeness (QED) is 0.806. The average molecular weight is 395 g/mol. The van der Waals surface area contributed by atoms with E-state index in [-0.39, 0.29) is 12.1 Å². The van der Waals surface area contributed by atoms with Gasteiger partial charge in [0.25, 0.3) is 5.91 Å². The van der Waals surface area contributed by atoms with Gasteiger partial charge in [0.05, 0.1) is 6.54 Å². The third-order valence-corrected chi connectivity index (χ3v) is 4.52. The van der Waals surface area contributed by atoms with E-state index in [1.165, 1.54) is 6.92 Å². The molecule has 7 heteroatoms. The lowest BCUT2D eigenvalue weighted by molar-refractivity contribution is -0.131. The molecule has 1 N–H and O–H groups in total. The molecule has 24 heavy (non-hydrogen) atoms. The lowest BCUT2D eigenvalue weighted by atomic mass is 9.91. The minimum Gasteiger partial charge on any atom is -0.319 e. The van der Waals surface area contributed by atoms with Crippen LogP contribution < -0.4 is 5.32 Å². The average Bonchev–Trinajstić information content (AvgIpc) is 2.76. The van der Waals surface area contributed by atoms with Crippen molar-refractivity contribution in [1.29, 1.82) is 0 Å². The molecule has 124 valence electrons. The Labute approximate surface area is 145 Å². The molecule has 0 saturated carbocycles. The summed E-state index contributed by atoms with van der Waals surface area (Å²) in [7, 11) is 0. The standard InChI is InChI=1S/C17H13BrF2N2O2/c1-17(13-8-12(19)6-7-14(13)20)15(23)22(16(24)21-17)9-10-2-4-11(18)5-3-10/h2-8H,9H2,1H3,(H,21,24). The zero-order chi connectivity index (χ0) is 17.5. The van der Waals surface area contributed by atoms with Crippen LogP contribution in [0.5, 0.6) is 0 Å². The molecule has 1 heterocycles.